The van der Waals surface area contributed by atoms with Crippen LogP contribution in [-0.2, 0) is 11.3 Å². The molecule has 0 bridgehead atoms. The van der Waals surface area contributed by atoms with Gasteiger partial charge in [-0.2, -0.15) is 0 Å². The molecule has 1 N–H and O–H groups in total. The lowest BCUT2D eigenvalue weighted by Gasteiger charge is -2.18. The summed E-state index contributed by atoms with van der Waals surface area (Å²) >= 11 is 0. The maximum atomic E-state index is 10.1. The fraction of sp³-hybridized carbons (Fsp3) is 0.533. The average Bonchev–Trinajstić information content (AvgIpc) is 2.70. The van der Waals surface area contributed by atoms with Gasteiger partial charge in [-0.05, 0) is 42.4 Å². The highest BCUT2D eigenvalue weighted by atomic mass is 16.5. The molecule has 1 aromatic rings. The van der Waals surface area contributed by atoms with Crippen molar-refractivity contribution in [3.05, 3.63) is 23.8 Å². The van der Waals surface area contributed by atoms with Crippen molar-refractivity contribution in [3.63, 3.8) is 0 Å². The Hall–Kier alpha value is -1.80. The summed E-state index contributed by atoms with van der Waals surface area (Å²) < 4.78 is 5.87. The van der Waals surface area contributed by atoms with Gasteiger partial charge < -0.3 is 9.84 Å². The molecule has 4 heteroatoms. The Labute approximate surface area is 113 Å². The van der Waals surface area contributed by atoms with Crippen LogP contribution in [0.15, 0.2) is 23.2 Å². The summed E-state index contributed by atoms with van der Waals surface area (Å²) in [4.78, 5) is 13.6. The number of rotatable bonds is 4. The van der Waals surface area contributed by atoms with E-state index in [-0.39, 0.29) is 18.4 Å². The summed E-state index contributed by atoms with van der Waals surface area (Å²) in [5.41, 5.74) is 1.13. The van der Waals surface area contributed by atoms with Crippen molar-refractivity contribution in [1.82, 2.24) is 0 Å². The predicted molar refractivity (Wildman–Crippen MR) is 72.0 cm³/mol. The van der Waals surface area contributed by atoms with Crippen LogP contribution in [0.3, 0.4) is 0 Å². The van der Waals surface area contributed by atoms with Crippen molar-refractivity contribution in [1.29, 1.82) is 0 Å². The first-order valence-electron chi connectivity index (χ1n) is 6.52. The molecule has 19 heavy (non-hydrogen) atoms. The van der Waals surface area contributed by atoms with E-state index in [4.69, 9.17) is 4.74 Å². The quantitative estimate of drug-likeness (QED) is 0.669. The smallest absolute Gasteiger partial charge is 0.235 e. The zero-order valence-electron chi connectivity index (χ0n) is 11.3. The number of isocyanates is 1. The zero-order chi connectivity index (χ0) is 13.9. The topological polar surface area (TPSA) is 58.9 Å². The molecular formula is C15H19NO3. The highest BCUT2D eigenvalue weighted by Crippen LogP contribution is 2.40. The highest BCUT2D eigenvalue weighted by molar-refractivity contribution is 5.42. The monoisotopic (exact) mass is 261 g/mol. The van der Waals surface area contributed by atoms with Crippen LogP contribution < -0.4 is 4.74 Å². The zero-order valence-corrected chi connectivity index (χ0v) is 11.3. The minimum absolute atomic E-state index is 0.128. The van der Waals surface area contributed by atoms with Crippen molar-refractivity contribution in [2.24, 2.45) is 10.4 Å². The van der Waals surface area contributed by atoms with Crippen LogP contribution in [0.25, 0.3) is 0 Å². The second-order valence-corrected chi connectivity index (χ2v) is 5.86. The Bertz CT molecular complexity index is 504. The fourth-order valence-electron chi connectivity index (χ4n) is 2.53. The van der Waals surface area contributed by atoms with E-state index < -0.39 is 0 Å². The molecule has 0 aliphatic heterocycles. The van der Waals surface area contributed by atoms with Gasteiger partial charge in [-0.1, -0.05) is 19.9 Å². The molecule has 1 atom stereocenters. The van der Waals surface area contributed by atoms with Gasteiger partial charge in [-0.3, -0.25) is 0 Å². The first kappa shape index (κ1) is 13.6. The third kappa shape index (κ3) is 3.58. The summed E-state index contributed by atoms with van der Waals surface area (Å²) in [6, 6.07) is 5.04. The second-order valence-electron chi connectivity index (χ2n) is 5.86. The van der Waals surface area contributed by atoms with Gasteiger partial charge in [0.15, 0.2) is 11.5 Å². The second kappa shape index (κ2) is 5.45. The minimum Gasteiger partial charge on any atom is -0.504 e. The van der Waals surface area contributed by atoms with E-state index in [2.05, 4.69) is 18.8 Å². The summed E-state index contributed by atoms with van der Waals surface area (Å²) in [7, 11) is 0. The number of phenols is 1. The van der Waals surface area contributed by atoms with Gasteiger partial charge in [0.2, 0.25) is 6.08 Å². The third-order valence-electron chi connectivity index (χ3n) is 3.57. The van der Waals surface area contributed by atoms with Crippen LogP contribution in [0.1, 0.15) is 38.7 Å². The number of hydrogen-bond acceptors (Lipinski definition) is 4. The van der Waals surface area contributed by atoms with Gasteiger partial charge in [0.05, 0.1) is 12.6 Å². The lowest BCUT2D eigenvalue weighted by molar-refractivity contribution is 0.186. The number of ether oxygens (including phenoxy) is 1. The molecular weight excluding hydrogens is 242 g/mol. The molecule has 0 radical (unpaired) electrons. The normalized spacial score (nSPS) is 20.8. The molecule has 1 aliphatic carbocycles. The van der Waals surface area contributed by atoms with E-state index in [9.17, 15) is 9.90 Å². The largest absolute Gasteiger partial charge is 0.504 e. The van der Waals surface area contributed by atoms with E-state index in [1.807, 2.05) is 0 Å². The number of phenolic OH excluding ortho intramolecular Hbond substituents is 1. The Morgan fingerprint density at radius 3 is 2.95 bits per heavy atom. The third-order valence-corrected chi connectivity index (χ3v) is 3.57. The van der Waals surface area contributed by atoms with E-state index in [1.54, 1.807) is 18.2 Å². The summed E-state index contributed by atoms with van der Waals surface area (Å²) in [5.74, 6) is 0.602. The van der Waals surface area contributed by atoms with Gasteiger partial charge in [0.25, 0.3) is 0 Å². The van der Waals surface area contributed by atoms with Crippen molar-refractivity contribution >= 4 is 6.08 Å². The van der Waals surface area contributed by atoms with Gasteiger partial charge in [0, 0.05) is 0 Å². The Balaban J connectivity index is 2.09. The average molecular weight is 261 g/mol. The van der Waals surface area contributed by atoms with Gasteiger partial charge in [-0.15, -0.1) is 0 Å². The molecule has 1 saturated carbocycles. The van der Waals surface area contributed by atoms with E-state index in [0.717, 1.165) is 24.8 Å². The Morgan fingerprint density at radius 2 is 2.32 bits per heavy atom. The van der Waals surface area contributed by atoms with Gasteiger partial charge in [0.1, 0.15) is 0 Å². The summed E-state index contributed by atoms with van der Waals surface area (Å²) in [5, 5.41) is 9.82. The number of nitrogens with zero attached hydrogens (tertiary/aromatic N) is 1. The van der Waals surface area contributed by atoms with Crippen LogP contribution in [0.2, 0.25) is 0 Å². The maximum absolute atomic E-state index is 10.1. The highest BCUT2D eigenvalue weighted by Gasteiger charge is 2.32. The lowest BCUT2D eigenvalue weighted by Crippen LogP contribution is -2.15. The molecule has 102 valence electrons. The van der Waals surface area contributed by atoms with Crippen molar-refractivity contribution < 1.29 is 14.6 Å². The molecule has 1 unspecified atom stereocenters. The van der Waals surface area contributed by atoms with Crippen molar-refractivity contribution in [2.75, 3.05) is 0 Å². The van der Waals surface area contributed by atoms with E-state index in [1.165, 1.54) is 6.08 Å². The Kier molecular flexibility index (Phi) is 3.91. The molecule has 0 saturated heterocycles. The molecule has 4 nitrogen and oxygen atoms in total. The molecule has 2 rings (SSSR count). The number of benzene rings is 1. The summed E-state index contributed by atoms with van der Waals surface area (Å²) in [6.07, 6.45) is 4.77. The number of carbonyl (C=O) groups excluding carboxylic acids is 1. The van der Waals surface area contributed by atoms with Crippen molar-refractivity contribution in [3.8, 4) is 11.5 Å². The molecule has 0 heterocycles. The van der Waals surface area contributed by atoms with Crippen LogP contribution in [0.4, 0.5) is 0 Å². The maximum Gasteiger partial charge on any atom is 0.235 e. The van der Waals surface area contributed by atoms with E-state index in [0.29, 0.717) is 11.2 Å². The fourth-order valence-corrected chi connectivity index (χ4v) is 2.53. The first-order valence-corrected chi connectivity index (χ1v) is 6.52. The van der Waals surface area contributed by atoms with Gasteiger partial charge >= 0.3 is 0 Å². The number of aliphatic imine (C=N–C) groups is 1. The van der Waals surface area contributed by atoms with Gasteiger partial charge in [-0.25, -0.2) is 9.79 Å². The van der Waals surface area contributed by atoms with Crippen LogP contribution in [0, 0.1) is 5.41 Å². The number of hydrogen-bond donors (Lipinski definition) is 1. The molecule has 1 fully saturated rings. The van der Waals surface area contributed by atoms with Crippen LogP contribution >= 0.6 is 0 Å². The SMILES string of the molecule is CC1(C)CCC(Oc2cc(CN=C=O)ccc2O)C1. The number of aromatic hydroxyl groups is 1. The lowest BCUT2D eigenvalue weighted by atomic mass is 9.92. The Morgan fingerprint density at radius 1 is 1.53 bits per heavy atom. The summed E-state index contributed by atoms with van der Waals surface area (Å²) in [6.45, 7) is 4.72. The molecule has 1 aromatic carbocycles. The molecule has 1 aliphatic rings. The van der Waals surface area contributed by atoms with Crippen LogP contribution in [0.5, 0.6) is 11.5 Å². The minimum atomic E-state index is 0.128. The molecule has 0 amide bonds. The van der Waals surface area contributed by atoms with E-state index >= 15 is 0 Å². The van der Waals surface area contributed by atoms with Crippen molar-refractivity contribution in [2.45, 2.75) is 45.8 Å². The first-order chi connectivity index (χ1) is 9.00. The predicted octanol–water partition coefficient (Wildman–Crippen LogP) is 3.19. The van der Waals surface area contributed by atoms with Crippen LogP contribution in [-0.4, -0.2) is 17.3 Å². The molecule has 0 aromatic heterocycles. The standard InChI is InChI=1S/C15H19NO3/c1-15(2)6-5-12(8-15)19-14-7-11(9-16-10-17)3-4-13(14)18/h3-4,7,12,18H,5-6,8-9H2,1-2H3. The molecule has 0 spiro atoms.